The number of rotatable bonds is 5. The fourth-order valence-electron chi connectivity index (χ4n) is 2.36. The molecule has 0 saturated heterocycles. The van der Waals surface area contributed by atoms with Crippen molar-refractivity contribution in [2.45, 2.75) is 4.90 Å². The normalized spacial score (nSPS) is 11.1. The van der Waals surface area contributed by atoms with Crippen molar-refractivity contribution in [2.75, 3.05) is 11.1 Å². The molecule has 140 valence electrons. The Morgan fingerprint density at radius 1 is 1.25 bits per heavy atom. The first-order chi connectivity index (χ1) is 13.6. The number of hydrogen-bond acceptors (Lipinski definition) is 5. The number of aromatic nitrogens is 1. The van der Waals surface area contributed by atoms with Crippen LogP contribution < -0.4 is 10.1 Å². The van der Waals surface area contributed by atoms with Crippen molar-refractivity contribution in [2.24, 2.45) is 12.0 Å². The van der Waals surface area contributed by atoms with Crippen molar-refractivity contribution in [3.8, 4) is 6.07 Å². The lowest BCUT2D eigenvalue weighted by atomic mass is 10.2. The molecule has 0 unspecified atom stereocenters. The van der Waals surface area contributed by atoms with Crippen LogP contribution in [0, 0.1) is 11.3 Å². The SMILES string of the molecule is Cn1ccsc1=NC(=O)c1ccccc1SCC(=O)Nc1cccc(C#N)c1. The Morgan fingerprint density at radius 2 is 2.07 bits per heavy atom. The van der Waals surface area contributed by atoms with Gasteiger partial charge in [0, 0.05) is 29.2 Å². The van der Waals surface area contributed by atoms with E-state index in [1.165, 1.54) is 23.1 Å². The number of aryl methyl sites for hydroxylation is 1. The van der Waals surface area contributed by atoms with Gasteiger partial charge in [-0.2, -0.15) is 10.3 Å². The van der Waals surface area contributed by atoms with Crippen LogP contribution in [0.25, 0.3) is 0 Å². The molecule has 1 heterocycles. The molecular formula is C20H16N4O2S2. The van der Waals surface area contributed by atoms with Crippen LogP contribution in [0.3, 0.4) is 0 Å². The van der Waals surface area contributed by atoms with Gasteiger partial charge in [0.25, 0.3) is 5.91 Å². The number of carbonyl (C=O) groups is 2. The van der Waals surface area contributed by atoms with Crippen molar-refractivity contribution in [3.05, 3.63) is 76.0 Å². The van der Waals surface area contributed by atoms with E-state index in [0.29, 0.717) is 26.5 Å². The Kier molecular flexibility index (Phi) is 6.42. The van der Waals surface area contributed by atoms with Crippen LogP contribution in [0.5, 0.6) is 0 Å². The van der Waals surface area contributed by atoms with Crippen LogP contribution in [0.2, 0.25) is 0 Å². The van der Waals surface area contributed by atoms with Gasteiger partial charge in [0.05, 0.1) is 22.9 Å². The number of anilines is 1. The molecule has 0 aliphatic heterocycles. The summed E-state index contributed by atoms with van der Waals surface area (Å²) in [6.45, 7) is 0. The molecule has 2 amide bonds. The summed E-state index contributed by atoms with van der Waals surface area (Å²) in [6.07, 6.45) is 1.84. The van der Waals surface area contributed by atoms with E-state index in [1.54, 1.807) is 47.0 Å². The van der Waals surface area contributed by atoms with Crippen molar-refractivity contribution >= 4 is 40.6 Å². The Morgan fingerprint density at radius 3 is 2.82 bits per heavy atom. The van der Waals surface area contributed by atoms with Crippen molar-refractivity contribution in [3.63, 3.8) is 0 Å². The quantitative estimate of drug-likeness (QED) is 0.655. The number of amides is 2. The van der Waals surface area contributed by atoms with E-state index in [-0.39, 0.29) is 17.6 Å². The van der Waals surface area contributed by atoms with Gasteiger partial charge in [-0.25, -0.2) is 0 Å². The van der Waals surface area contributed by atoms with Gasteiger partial charge >= 0.3 is 0 Å². The zero-order chi connectivity index (χ0) is 19.9. The molecule has 6 nitrogen and oxygen atoms in total. The third-order valence-electron chi connectivity index (χ3n) is 3.71. The van der Waals surface area contributed by atoms with Gasteiger partial charge in [-0.3, -0.25) is 9.59 Å². The van der Waals surface area contributed by atoms with Gasteiger partial charge < -0.3 is 9.88 Å². The van der Waals surface area contributed by atoms with Gasteiger partial charge in [0.15, 0.2) is 4.80 Å². The summed E-state index contributed by atoms with van der Waals surface area (Å²) in [7, 11) is 1.83. The van der Waals surface area contributed by atoms with Crippen LogP contribution in [-0.4, -0.2) is 22.1 Å². The summed E-state index contributed by atoms with van der Waals surface area (Å²) >= 11 is 2.65. The van der Waals surface area contributed by atoms with Crippen molar-refractivity contribution in [1.29, 1.82) is 5.26 Å². The summed E-state index contributed by atoms with van der Waals surface area (Å²) in [4.78, 5) is 30.3. The molecule has 0 atom stereocenters. The number of hydrogen-bond donors (Lipinski definition) is 1. The summed E-state index contributed by atoms with van der Waals surface area (Å²) in [5, 5.41) is 13.5. The molecule has 1 N–H and O–H groups in total. The number of benzene rings is 2. The largest absolute Gasteiger partial charge is 0.327 e. The van der Waals surface area contributed by atoms with Gasteiger partial charge in [-0.1, -0.05) is 18.2 Å². The average molecular weight is 409 g/mol. The highest BCUT2D eigenvalue weighted by molar-refractivity contribution is 8.00. The minimum atomic E-state index is -0.344. The number of thiazole rings is 1. The highest BCUT2D eigenvalue weighted by Gasteiger charge is 2.13. The van der Waals surface area contributed by atoms with Crippen LogP contribution in [-0.2, 0) is 11.8 Å². The Balaban J connectivity index is 1.70. The number of nitriles is 1. The minimum absolute atomic E-state index is 0.133. The molecule has 0 bridgehead atoms. The molecule has 0 aliphatic rings. The Hall–Kier alpha value is -3.15. The van der Waals surface area contributed by atoms with Crippen LogP contribution in [0.4, 0.5) is 5.69 Å². The van der Waals surface area contributed by atoms with Crippen LogP contribution in [0.15, 0.2) is 70.0 Å². The van der Waals surface area contributed by atoms with E-state index >= 15 is 0 Å². The fourth-order valence-corrected chi connectivity index (χ4v) is 3.93. The lowest BCUT2D eigenvalue weighted by molar-refractivity contribution is -0.113. The smallest absolute Gasteiger partial charge is 0.280 e. The van der Waals surface area contributed by atoms with Gasteiger partial charge in [0.2, 0.25) is 5.91 Å². The predicted molar refractivity (Wildman–Crippen MR) is 110 cm³/mol. The zero-order valence-corrected chi connectivity index (χ0v) is 16.6. The van der Waals surface area contributed by atoms with E-state index < -0.39 is 0 Å². The maximum absolute atomic E-state index is 12.6. The molecule has 3 aromatic rings. The highest BCUT2D eigenvalue weighted by atomic mass is 32.2. The van der Waals surface area contributed by atoms with E-state index in [4.69, 9.17) is 5.26 Å². The summed E-state index contributed by atoms with van der Waals surface area (Å²) < 4.78 is 1.78. The first-order valence-electron chi connectivity index (χ1n) is 8.28. The van der Waals surface area contributed by atoms with Crippen molar-refractivity contribution in [1.82, 2.24) is 4.57 Å². The lowest BCUT2D eigenvalue weighted by Gasteiger charge is -2.07. The Labute approximate surface area is 170 Å². The topological polar surface area (TPSA) is 87.2 Å². The van der Waals surface area contributed by atoms with E-state index in [0.717, 1.165) is 0 Å². The van der Waals surface area contributed by atoms with E-state index in [9.17, 15) is 9.59 Å². The monoisotopic (exact) mass is 408 g/mol. The second kappa shape index (κ2) is 9.17. The minimum Gasteiger partial charge on any atom is -0.327 e. The van der Waals surface area contributed by atoms with Crippen molar-refractivity contribution < 1.29 is 9.59 Å². The molecule has 0 fully saturated rings. The second-order valence-electron chi connectivity index (χ2n) is 5.74. The molecule has 0 spiro atoms. The van der Waals surface area contributed by atoms with E-state index in [1.807, 2.05) is 30.8 Å². The first-order valence-corrected chi connectivity index (χ1v) is 10.1. The average Bonchev–Trinajstić information content (AvgIpc) is 3.11. The fraction of sp³-hybridized carbons (Fsp3) is 0.100. The summed E-state index contributed by atoms with van der Waals surface area (Å²) in [6, 6.07) is 15.8. The third-order valence-corrected chi connectivity index (χ3v) is 5.63. The maximum atomic E-state index is 12.6. The lowest BCUT2D eigenvalue weighted by Crippen LogP contribution is -2.15. The summed E-state index contributed by atoms with van der Waals surface area (Å²) in [5.74, 6) is -0.430. The second-order valence-corrected chi connectivity index (χ2v) is 7.63. The number of nitrogens with zero attached hydrogens (tertiary/aromatic N) is 3. The van der Waals surface area contributed by atoms with Gasteiger partial charge in [-0.15, -0.1) is 23.1 Å². The molecule has 3 rings (SSSR count). The standard InChI is InChI=1S/C20H16N4O2S2/c1-24-9-10-27-20(24)23-19(26)16-7-2-3-8-17(16)28-13-18(25)22-15-6-4-5-14(11-15)12-21/h2-11H,13H2,1H3,(H,22,25). The molecule has 1 aromatic heterocycles. The first kappa shape index (κ1) is 19.6. The highest BCUT2D eigenvalue weighted by Crippen LogP contribution is 2.23. The molecule has 2 aromatic carbocycles. The summed E-state index contributed by atoms with van der Waals surface area (Å²) in [5.41, 5.74) is 1.50. The molecule has 28 heavy (non-hydrogen) atoms. The molecule has 0 saturated carbocycles. The van der Waals surface area contributed by atoms with Crippen LogP contribution >= 0.6 is 23.1 Å². The number of carbonyl (C=O) groups excluding carboxylic acids is 2. The maximum Gasteiger partial charge on any atom is 0.280 e. The number of nitrogens with one attached hydrogen (secondary N) is 1. The van der Waals surface area contributed by atoms with Gasteiger partial charge in [-0.05, 0) is 30.3 Å². The molecule has 8 heteroatoms. The Bertz CT molecular complexity index is 1130. The van der Waals surface area contributed by atoms with E-state index in [2.05, 4.69) is 10.3 Å². The van der Waals surface area contributed by atoms with Crippen LogP contribution in [0.1, 0.15) is 15.9 Å². The third kappa shape index (κ3) is 4.97. The zero-order valence-electron chi connectivity index (χ0n) is 15.0. The van der Waals surface area contributed by atoms with Gasteiger partial charge in [0.1, 0.15) is 0 Å². The molecule has 0 radical (unpaired) electrons. The number of thioether (sulfide) groups is 1. The molecular weight excluding hydrogens is 392 g/mol. The molecule has 0 aliphatic carbocycles. The predicted octanol–water partition coefficient (Wildman–Crippen LogP) is 3.43.